The van der Waals surface area contributed by atoms with Gasteiger partial charge in [0.25, 0.3) is 5.91 Å². The van der Waals surface area contributed by atoms with Crippen LogP contribution in [0.15, 0.2) is 82.1 Å². The van der Waals surface area contributed by atoms with Crippen LogP contribution in [0.3, 0.4) is 0 Å². The lowest BCUT2D eigenvalue weighted by Gasteiger charge is -2.25. The molecule has 0 fully saturated rings. The first kappa shape index (κ1) is 33.2. The average molecular weight is 661 g/mol. The molecule has 0 saturated carbocycles. The number of rotatable bonds is 5. The number of benzene rings is 3. The molecule has 3 amide bonds. The van der Waals surface area contributed by atoms with Gasteiger partial charge in [-0.1, -0.05) is 36.4 Å². The second-order valence-corrected chi connectivity index (χ2v) is 13.2. The molecule has 5 rings (SSSR count). The summed E-state index contributed by atoms with van der Waals surface area (Å²) < 4.78 is 41.8. The van der Waals surface area contributed by atoms with Gasteiger partial charge in [0.05, 0.1) is 31.7 Å². The van der Waals surface area contributed by atoms with E-state index in [9.17, 15) is 22.8 Å². The fraction of sp³-hybridized carbons (Fsp3) is 0.294. The van der Waals surface area contributed by atoms with Crippen molar-refractivity contribution in [2.45, 2.75) is 37.2 Å². The Bertz CT molecular complexity index is 1870. The van der Waals surface area contributed by atoms with E-state index < -0.39 is 33.6 Å². The number of carbonyl (C=O) groups is 3. The van der Waals surface area contributed by atoms with E-state index in [-0.39, 0.29) is 43.1 Å². The normalized spacial score (nSPS) is 16.2. The van der Waals surface area contributed by atoms with E-state index in [1.54, 1.807) is 25.1 Å². The lowest BCUT2D eigenvalue weighted by atomic mass is 10.0. The Morgan fingerprint density at radius 1 is 1.06 bits per heavy atom. The molecule has 1 aliphatic heterocycles. The van der Waals surface area contributed by atoms with Gasteiger partial charge in [-0.25, -0.2) is 13.4 Å². The summed E-state index contributed by atoms with van der Waals surface area (Å²) in [5, 5.41) is 5.65. The number of aromatic nitrogens is 1. The van der Waals surface area contributed by atoms with Gasteiger partial charge >= 0.3 is 0 Å². The third-order valence-corrected chi connectivity index (χ3v) is 8.74. The first-order valence-corrected chi connectivity index (χ1v) is 16.9. The molecule has 2 heterocycles. The van der Waals surface area contributed by atoms with E-state index in [4.69, 9.17) is 13.9 Å². The lowest BCUT2D eigenvalue weighted by Crippen LogP contribution is -2.51. The van der Waals surface area contributed by atoms with Crippen molar-refractivity contribution in [3.8, 4) is 23.0 Å². The summed E-state index contributed by atoms with van der Waals surface area (Å²) in [6.07, 6.45) is 1.57. The number of fused-ring (bicyclic) bond motifs is 5. The van der Waals surface area contributed by atoms with Crippen LogP contribution < -0.4 is 20.1 Å². The van der Waals surface area contributed by atoms with Crippen LogP contribution in [-0.4, -0.2) is 75.1 Å². The smallest absolute Gasteiger partial charge is 0.254 e. The van der Waals surface area contributed by atoms with Crippen LogP contribution in [0, 0.1) is 6.92 Å². The minimum atomic E-state index is -3.58. The summed E-state index contributed by atoms with van der Waals surface area (Å²) in [6, 6.07) is 19.2. The molecule has 0 radical (unpaired) electrons. The second kappa shape index (κ2) is 14.5. The van der Waals surface area contributed by atoms with Gasteiger partial charge in [-0.05, 0) is 55.3 Å². The van der Waals surface area contributed by atoms with Crippen molar-refractivity contribution >= 4 is 27.6 Å². The number of nitrogens with one attached hydrogen (secondary N) is 2. The topological polar surface area (TPSA) is 157 Å². The number of aryl methyl sites for hydroxylation is 1. The average Bonchev–Trinajstić information content (AvgIpc) is 3.44. The Hall–Kier alpha value is -5.17. The highest BCUT2D eigenvalue weighted by molar-refractivity contribution is 7.90. The lowest BCUT2D eigenvalue weighted by molar-refractivity contribution is -0.129. The van der Waals surface area contributed by atoms with Crippen LogP contribution in [0.4, 0.5) is 0 Å². The van der Waals surface area contributed by atoms with Crippen LogP contribution >= 0.6 is 0 Å². The fourth-order valence-electron chi connectivity index (χ4n) is 5.14. The Morgan fingerprint density at radius 2 is 1.85 bits per heavy atom. The van der Waals surface area contributed by atoms with E-state index in [1.165, 1.54) is 36.3 Å². The monoisotopic (exact) mass is 660 g/mol. The van der Waals surface area contributed by atoms with Gasteiger partial charge in [-0.2, -0.15) is 0 Å². The van der Waals surface area contributed by atoms with E-state index in [0.29, 0.717) is 40.8 Å². The third-order valence-electron chi connectivity index (χ3n) is 7.63. The number of hydrogen-bond donors (Lipinski definition) is 2. The van der Waals surface area contributed by atoms with Crippen LogP contribution in [-0.2, 0) is 32.4 Å². The molecule has 0 aliphatic carbocycles. The van der Waals surface area contributed by atoms with E-state index in [2.05, 4.69) is 15.6 Å². The summed E-state index contributed by atoms with van der Waals surface area (Å²) in [5.74, 6) is 0.219. The Morgan fingerprint density at radius 3 is 2.60 bits per heavy atom. The summed E-state index contributed by atoms with van der Waals surface area (Å²) in [4.78, 5) is 46.6. The first-order chi connectivity index (χ1) is 22.5. The maximum atomic E-state index is 13.7. The fourth-order valence-corrected chi connectivity index (χ4v) is 5.80. The largest absolute Gasteiger partial charge is 0.493 e. The van der Waals surface area contributed by atoms with Crippen molar-refractivity contribution in [3.05, 3.63) is 95.4 Å². The molecule has 1 aromatic heterocycles. The number of hydrogen-bond acceptors (Lipinski definition) is 9. The van der Waals surface area contributed by atoms with Crippen molar-refractivity contribution in [1.82, 2.24) is 20.5 Å². The Kier molecular flexibility index (Phi) is 10.2. The molecule has 246 valence electrons. The van der Waals surface area contributed by atoms with Gasteiger partial charge in [0.1, 0.15) is 17.5 Å². The van der Waals surface area contributed by atoms with Gasteiger partial charge in [0.15, 0.2) is 21.3 Å². The molecule has 3 aromatic carbocycles. The van der Waals surface area contributed by atoms with Gasteiger partial charge in [0, 0.05) is 30.3 Å². The number of carbonyl (C=O) groups excluding carboxylic acids is 3. The van der Waals surface area contributed by atoms with Crippen molar-refractivity contribution < 1.29 is 36.7 Å². The molecule has 2 N–H and O–H groups in total. The molecule has 0 spiro atoms. The van der Waals surface area contributed by atoms with E-state index in [1.807, 2.05) is 30.3 Å². The molecular formula is C34H36N4O8S. The molecule has 4 aromatic rings. The quantitative estimate of drug-likeness (QED) is 0.328. The summed E-state index contributed by atoms with van der Waals surface area (Å²) in [7, 11) is -2.06. The third kappa shape index (κ3) is 8.36. The van der Waals surface area contributed by atoms with Crippen molar-refractivity contribution in [1.29, 1.82) is 0 Å². The van der Waals surface area contributed by atoms with Crippen LogP contribution in [0.5, 0.6) is 11.5 Å². The first-order valence-electron chi connectivity index (χ1n) is 15.0. The van der Waals surface area contributed by atoms with Crippen LogP contribution in [0.25, 0.3) is 11.5 Å². The van der Waals surface area contributed by atoms with Gasteiger partial charge in [-0.15, -0.1) is 0 Å². The number of sulfone groups is 1. The molecule has 12 nitrogen and oxygen atoms in total. The summed E-state index contributed by atoms with van der Waals surface area (Å²) >= 11 is 0. The minimum absolute atomic E-state index is 0.0167. The summed E-state index contributed by atoms with van der Waals surface area (Å²) in [6.45, 7) is 1.67. The molecule has 47 heavy (non-hydrogen) atoms. The molecule has 1 aliphatic rings. The molecule has 13 heteroatoms. The number of methoxy groups -OCH3 is 1. The van der Waals surface area contributed by atoms with Crippen molar-refractivity contribution in [3.63, 3.8) is 0 Å². The number of nitrogens with zero attached hydrogens (tertiary/aromatic N) is 2. The highest BCUT2D eigenvalue weighted by Crippen LogP contribution is 2.33. The highest BCUT2D eigenvalue weighted by atomic mass is 32.2. The number of oxazole rings is 1. The molecule has 0 unspecified atom stereocenters. The summed E-state index contributed by atoms with van der Waals surface area (Å²) in [5.41, 5.74) is 2.09. The van der Waals surface area contributed by atoms with E-state index in [0.717, 1.165) is 11.8 Å². The molecular weight excluding hydrogens is 624 g/mol. The predicted octanol–water partition coefficient (Wildman–Crippen LogP) is 3.33. The number of ether oxygens (including phenoxy) is 2. The zero-order valence-electron chi connectivity index (χ0n) is 26.3. The number of amides is 3. The molecule has 1 atom stereocenters. The maximum Gasteiger partial charge on any atom is 0.254 e. The van der Waals surface area contributed by atoms with Crippen molar-refractivity contribution in [2.24, 2.45) is 0 Å². The Labute approximate surface area is 273 Å². The SMILES string of the molecule is COc1ccc2cc1OCCCN(C(=O)c1cccc(S(C)(=O)=O)c1)CC(=O)N[C@H](Cc1ccccc1)C(=O)NCc1nc-2oc1C. The van der Waals surface area contributed by atoms with Gasteiger partial charge in [0.2, 0.25) is 17.7 Å². The zero-order chi connectivity index (χ0) is 33.6. The molecule has 4 bridgehead atoms. The Balaban J connectivity index is 1.47. The van der Waals surface area contributed by atoms with Gasteiger partial charge < -0.3 is 29.4 Å². The van der Waals surface area contributed by atoms with Crippen LogP contribution in [0.1, 0.15) is 33.8 Å². The van der Waals surface area contributed by atoms with Crippen molar-refractivity contribution in [2.75, 3.05) is 33.1 Å². The molecule has 0 saturated heterocycles. The predicted molar refractivity (Wildman–Crippen MR) is 173 cm³/mol. The minimum Gasteiger partial charge on any atom is -0.493 e. The standard InChI is InChI=1S/C34H36N4O8S/c1-22-28-20-35-32(40)27(17-23-9-5-4-6-10-23)36-31(39)21-38(34(41)25-11-7-12-26(18-25)47(3,42)43)15-8-16-45-30-19-24(33(37-28)46-22)13-14-29(30)44-2/h4-7,9-14,18-19,27H,8,15-17,20-21H2,1-3H3,(H,35,40)(H,36,39)/t27-/m1/s1. The van der Waals surface area contributed by atoms with Gasteiger partial charge in [-0.3, -0.25) is 14.4 Å². The van der Waals surface area contributed by atoms with E-state index >= 15 is 0 Å². The second-order valence-electron chi connectivity index (χ2n) is 11.1. The zero-order valence-corrected chi connectivity index (χ0v) is 27.1. The maximum absolute atomic E-state index is 13.7. The highest BCUT2D eigenvalue weighted by Gasteiger charge is 2.26. The van der Waals surface area contributed by atoms with Crippen LogP contribution in [0.2, 0.25) is 0 Å².